The molecule has 2 saturated carbocycles. The second kappa shape index (κ2) is 14.0. The van der Waals surface area contributed by atoms with Crippen LogP contribution < -0.4 is 20.7 Å². The van der Waals surface area contributed by atoms with Gasteiger partial charge in [0.25, 0.3) is 0 Å². The molecule has 0 aromatic heterocycles. The maximum absolute atomic E-state index is 13.8. The van der Waals surface area contributed by atoms with Crippen molar-refractivity contribution in [1.29, 1.82) is 0 Å². The molecule has 0 radical (unpaired) electrons. The molecule has 5 atom stereocenters. The number of aliphatic hydroxyl groups excluding tert-OH is 2. The lowest BCUT2D eigenvalue weighted by atomic mass is 9.87. The summed E-state index contributed by atoms with van der Waals surface area (Å²) in [5.74, 6) is -1.32. The van der Waals surface area contributed by atoms with Crippen molar-refractivity contribution in [3.8, 4) is 5.75 Å². The third kappa shape index (κ3) is 8.08. The van der Waals surface area contributed by atoms with E-state index in [9.17, 15) is 29.4 Å². The van der Waals surface area contributed by atoms with Crippen molar-refractivity contribution in [2.75, 3.05) is 13.7 Å². The van der Waals surface area contributed by atoms with Gasteiger partial charge >= 0.3 is 0 Å². The van der Waals surface area contributed by atoms with Crippen LogP contribution in [0.25, 0.3) is 0 Å². The Bertz CT molecular complexity index is 1110. The number of carbonyl (C=O) groups excluding carboxylic acids is 4. The van der Waals surface area contributed by atoms with E-state index in [1.165, 1.54) is 14.0 Å². The fraction of sp³-hybridized carbons (Fsp3) is 0.677. The average molecular weight is 588 g/mol. The molecule has 3 amide bonds. The van der Waals surface area contributed by atoms with Gasteiger partial charge in [-0.25, -0.2) is 0 Å². The highest BCUT2D eigenvalue weighted by Gasteiger charge is 2.50. The molecule has 4 rings (SSSR count). The Kier molecular flexibility index (Phi) is 10.6. The number of hydrogen-bond acceptors (Lipinski definition) is 8. The molecule has 2 aliphatic carbocycles. The Morgan fingerprint density at radius 1 is 0.976 bits per heavy atom. The Hall–Kier alpha value is -3.02. The zero-order valence-electron chi connectivity index (χ0n) is 24.8. The van der Waals surface area contributed by atoms with E-state index < -0.39 is 47.7 Å². The lowest BCUT2D eigenvalue weighted by Crippen LogP contribution is -2.58. The van der Waals surface area contributed by atoms with Crippen molar-refractivity contribution in [2.45, 2.75) is 108 Å². The van der Waals surface area contributed by atoms with Crippen LogP contribution in [0, 0.1) is 11.8 Å². The fourth-order valence-electron chi connectivity index (χ4n) is 5.99. The number of carbonyl (C=O) groups is 4. The first-order chi connectivity index (χ1) is 20.0. The smallest absolute Gasteiger partial charge is 0.246 e. The molecule has 1 aromatic carbocycles. The molecule has 3 fully saturated rings. The zero-order valence-corrected chi connectivity index (χ0v) is 24.8. The Morgan fingerprint density at radius 2 is 1.60 bits per heavy atom. The minimum absolute atomic E-state index is 0.218. The standard InChI is InChI=1S/C31H45N3O8/c1-18(32-29(39)21-8-12-22(35)13-9-21)28(38)34-25(26(36)20-10-14-23(41-3)15-11-20)30(40)33-24(16-19-6-4-5-7-19)27(37)31(2)17-42-31/h10-11,14-15,18-19,21-22,24-26,35-36H,4-9,12-13,16-17H2,1-3H3,(H,32,39)(H,33,40)(H,34,38)/t18-,21-,22-,24+,25+,26-,31-/m1/s1. The van der Waals surface area contributed by atoms with Gasteiger partial charge in [0.05, 0.1) is 25.9 Å². The monoisotopic (exact) mass is 587 g/mol. The van der Waals surface area contributed by atoms with Crippen molar-refractivity contribution < 1.29 is 38.9 Å². The van der Waals surface area contributed by atoms with Crippen molar-refractivity contribution in [3.63, 3.8) is 0 Å². The molecule has 0 unspecified atom stereocenters. The first-order valence-electron chi connectivity index (χ1n) is 15.1. The summed E-state index contributed by atoms with van der Waals surface area (Å²) in [4.78, 5) is 53.1. The Labute approximate surface area is 247 Å². The summed E-state index contributed by atoms with van der Waals surface area (Å²) in [6.45, 7) is 3.50. The molecule has 1 heterocycles. The van der Waals surface area contributed by atoms with Crippen LogP contribution in [0.15, 0.2) is 24.3 Å². The fourth-order valence-corrected chi connectivity index (χ4v) is 5.99. The van der Waals surface area contributed by atoms with Gasteiger partial charge in [-0.15, -0.1) is 0 Å². The molecule has 11 heteroatoms. The molecule has 0 spiro atoms. The summed E-state index contributed by atoms with van der Waals surface area (Å²) in [5, 5.41) is 29.2. The van der Waals surface area contributed by atoms with Crippen molar-refractivity contribution in [1.82, 2.24) is 16.0 Å². The molecule has 0 bridgehead atoms. The van der Waals surface area contributed by atoms with Gasteiger partial charge in [-0.1, -0.05) is 37.8 Å². The van der Waals surface area contributed by atoms with Gasteiger partial charge in [0.15, 0.2) is 5.78 Å². The largest absolute Gasteiger partial charge is 0.497 e. The van der Waals surface area contributed by atoms with Gasteiger partial charge < -0.3 is 35.6 Å². The van der Waals surface area contributed by atoms with Crippen LogP contribution in [0.3, 0.4) is 0 Å². The summed E-state index contributed by atoms with van der Waals surface area (Å²) < 4.78 is 10.6. The highest BCUT2D eigenvalue weighted by molar-refractivity contribution is 5.98. The Morgan fingerprint density at radius 3 is 2.17 bits per heavy atom. The van der Waals surface area contributed by atoms with Crippen molar-refractivity contribution in [3.05, 3.63) is 29.8 Å². The lowest BCUT2D eigenvalue weighted by Gasteiger charge is -2.29. The van der Waals surface area contributed by atoms with Gasteiger partial charge in [0, 0.05) is 5.92 Å². The van der Waals surface area contributed by atoms with Crippen LogP contribution in [0.1, 0.15) is 83.3 Å². The highest BCUT2D eigenvalue weighted by Crippen LogP contribution is 2.34. The van der Waals surface area contributed by atoms with E-state index in [0.717, 1.165) is 25.7 Å². The number of aliphatic hydroxyl groups is 2. The number of ether oxygens (including phenoxy) is 2. The van der Waals surface area contributed by atoms with Crippen LogP contribution in [0.2, 0.25) is 0 Å². The molecule has 5 N–H and O–H groups in total. The Balaban J connectivity index is 1.49. The summed E-state index contributed by atoms with van der Waals surface area (Å²) in [7, 11) is 1.51. The minimum Gasteiger partial charge on any atom is -0.497 e. The van der Waals surface area contributed by atoms with Gasteiger partial charge in [-0.05, 0) is 69.6 Å². The number of hydrogen-bond donors (Lipinski definition) is 5. The van der Waals surface area contributed by atoms with Gasteiger partial charge in [-0.3, -0.25) is 19.2 Å². The number of methoxy groups -OCH3 is 1. The van der Waals surface area contributed by atoms with Crippen LogP contribution in [0.4, 0.5) is 0 Å². The van der Waals surface area contributed by atoms with E-state index in [-0.39, 0.29) is 30.1 Å². The molecule has 1 aromatic rings. The van der Waals surface area contributed by atoms with Gasteiger partial charge in [-0.2, -0.15) is 0 Å². The van der Waals surface area contributed by atoms with Crippen LogP contribution >= 0.6 is 0 Å². The van der Waals surface area contributed by atoms with E-state index in [1.807, 2.05) is 0 Å². The third-order valence-electron chi connectivity index (χ3n) is 8.95. The van der Waals surface area contributed by atoms with E-state index >= 15 is 0 Å². The van der Waals surface area contributed by atoms with E-state index in [2.05, 4.69) is 16.0 Å². The van der Waals surface area contributed by atoms with Crippen molar-refractivity contribution >= 4 is 23.5 Å². The maximum atomic E-state index is 13.8. The normalized spacial score (nSPS) is 26.8. The topological polar surface area (TPSA) is 167 Å². The van der Waals surface area contributed by atoms with Gasteiger partial charge in [0.1, 0.15) is 29.5 Å². The second-order valence-corrected chi connectivity index (χ2v) is 12.3. The molecule has 11 nitrogen and oxygen atoms in total. The van der Waals surface area contributed by atoms with E-state index in [1.54, 1.807) is 31.2 Å². The molecular formula is C31H45N3O8. The molecular weight excluding hydrogens is 542 g/mol. The first kappa shape index (κ1) is 31.9. The molecule has 42 heavy (non-hydrogen) atoms. The van der Waals surface area contributed by atoms with Crippen LogP contribution in [-0.2, 0) is 23.9 Å². The maximum Gasteiger partial charge on any atom is 0.246 e. The number of benzene rings is 1. The minimum atomic E-state index is -1.45. The number of rotatable bonds is 13. The predicted octanol–water partition coefficient (Wildman–Crippen LogP) is 1.69. The number of ketones is 1. The first-order valence-corrected chi connectivity index (χ1v) is 15.1. The summed E-state index contributed by atoms with van der Waals surface area (Å²) in [6.07, 6.45) is 4.82. The average Bonchev–Trinajstić information content (AvgIpc) is 3.53. The van der Waals surface area contributed by atoms with Crippen LogP contribution in [-0.4, -0.2) is 77.3 Å². The molecule has 232 valence electrons. The van der Waals surface area contributed by atoms with Gasteiger partial charge in [0.2, 0.25) is 17.7 Å². The number of nitrogens with one attached hydrogen (secondary N) is 3. The SMILES string of the molecule is COc1ccc([C@@H](O)[C@H](NC(=O)[C@@H](C)NC(=O)[C@H]2CC[C@H](O)CC2)C(=O)N[C@@H](CC2CCCC2)C(=O)[C@@]2(C)CO2)cc1. The van der Waals surface area contributed by atoms with E-state index in [0.29, 0.717) is 43.4 Å². The summed E-state index contributed by atoms with van der Waals surface area (Å²) in [6, 6.07) is 3.21. The summed E-state index contributed by atoms with van der Waals surface area (Å²) in [5.41, 5.74) is -0.581. The number of amides is 3. The molecule has 1 saturated heterocycles. The molecule has 1 aliphatic heterocycles. The number of epoxide rings is 1. The lowest BCUT2D eigenvalue weighted by molar-refractivity contribution is -0.137. The zero-order chi connectivity index (χ0) is 30.4. The quantitative estimate of drug-likeness (QED) is 0.218. The summed E-state index contributed by atoms with van der Waals surface area (Å²) >= 11 is 0. The molecule has 3 aliphatic rings. The van der Waals surface area contributed by atoms with Crippen molar-refractivity contribution in [2.24, 2.45) is 11.8 Å². The predicted molar refractivity (Wildman–Crippen MR) is 153 cm³/mol. The van der Waals surface area contributed by atoms with Crippen LogP contribution in [0.5, 0.6) is 5.75 Å². The third-order valence-corrected chi connectivity index (χ3v) is 8.95. The second-order valence-electron chi connectivity index (χ2n) is 12.3. The van der Waals surface area contributed by atoms with E-state index in [4.69, 9.17) is 9.47 Å². The number of Topliss-reactive ketones (excluding diaryl/α,β-unsaturated/α-hetero) is 1. The highest BCUT2D eigenvalue weighted by atomic mass is 16.6.